The van der Waals surface area contributed by atoms with Crippen molar-refractivity contribution in [3.05, 3.63) is 51.5 Å². The SMILES string of the molecule is CCC(=NOCC1=CC(Cl)CC(Cl)=C1)c1ccc(Cl)c(N(C)NC(=O)CC(F)(F)F)c1. The van der Waals surface area contributed by atoms with Crippen LogP contribution in [0.5, 0.6) is 0 Å². The smallest absolute Gasteiger partial charge is 0.391 e. The van der Waals surface area contributed by atoms with Gasteiger partial charge < -0.3 is 4.84 Å². The Kier molecular flexibility index (Phi) is 9.09. The molecule has 1 unspecified atom stereocenters. The van der Waals surface area contributed by atoms with Crippen LogP contribution in [0.4, 0.5) is 18.9 Å². The van der Waals surface area contributed by atoms with Crippen LogP contribution in [0, 0.1) is 0 Å². The van der Waals surface area contributed by atoms with Crippen LogP contribution >= 0.6 is 34.8 Å². The number of nitrogens with one attached hydrogen (secondary N) is 1. The van der Waals surface area contributed by atoms with Crippen molar-refractivity contribution in [3.8, 4) is 0 Å². The number of allylic oxidation sites excluding steroid dienone is 2. The number of oxime groups is 1. The molecule has 1 aliphatic rings. The van der Waals surface area contributed by atoms with E-state index < -0.39 is 18.5 Å². The number of hydrogen-bond acceptors (Lipinski definition) is 4. The highest BCUT2D eigenvalue weighted by Crippen LogP contribution is 2.27. The normalized spacial score (nSPS) is 17.0. The van der Waals surface area contributed by atoms with Crippen molar-refractivity contribution in [2.24, 2.45) is 5.16 Å². The highest BCUT2D eigenvalue weighted by atomic mass is 35.5. The molecule has 0 saturated heterocycles. The molecule has 1 amide bonds. The minimum Gasteiger partial charge on any atom is -0.391 e. The largest absolute Gasteiger partial charge is 0.397 e. The number of anilines is 1. The second kappa shape index (κ2) is 11.1. The van der Waals surface area contributed by atoms with E-state index in [4.69, 9.17) is 39.6 Å². The van der Waals surface area contributed by atoms with Crippen molar-refractivity contribution in [2.75, 3.05) is 18.7 Å². The van der Waals surface area contributed by atoms with Crippen LogP contribution in [0.2, 0.25) is 5.02 Å². The quantitative estimate of drug-likeness (QED) is 0.274. The van der Waals surface area contributed by atoms with E-state index in [1.807, 2.05) is 13.0 Å². The van der Waals surface area contributed by atoms with Gasteiger partial charge in [-0.3, -0.25) is 15.2 Å². The first-order valence-corrected chi connectivity index (χ1v) is 10.5. The van der Waals surface area contributed by atoms with Gasteiger partial charge in [0.25, 0.3) is 0 Å². The molecule has 5 nitrogen and oxygen atoms in total. The second-order valence-corrected chi connectivity index (χ2v) is 8.22. The van der Waals surface area contributed by atoms with Crippen molar-refractivity contribution in [2.45, 2.75) is 37.7 Å². The molecule has 0 saturated carbocycles. The minimum atomic E-state index is -4.60. The first kappa shape index (κ1) is 25.4. The maximum atomic E-state index is 12.4. The molecule has 31 heavy (non-hydrogen) atoms. The van der Waals surface area contributed by atoms with Crippen molar-refractivity contribution in [1.29, 1.82) is 0 Å². The number of benzene rings is 1. The van der Waals surface area contributed by atoms with Gasteiger partial charge in [0.1, 0.15) is 13.0 Å². The molecule has 1 aliphatic carbocycles. The van der Waals surface area contributed by atoms with Crippen molar-refractivity contribution >= 4 is 52.1 Å². The fraction of sp³-hybridized carbons (Fsp3) is 0.400. The van der Waals surface area contributed by atoms with Gasteiger partial charge in [0.15, 0.2) is 0 Å². The molecule has 0 fully saturated rings. The van der Waals surface area contributed by atoms with Crippen LogP contribution < -0.4 is 10.4 Å². The summed E-state index contributed by atoms with van der Waals surface area (Å²) in [5, 5.41) is 5.97. The molecule has 0 spiro atoms. The van der Waals surface area contributed by atoms with Gasteiger partial charge >= 0.3 is 6.18 Å². The molecule has 1 aromatic carbocycles. The van der Waals surface area contributed by atoms with Gasteiger partial charge in [0.2, 0.25) is 5.91 Å². The fourth-order valence-electron chi connectivity index (χ4n) is 2.80. The Morgan fingerprint density at radius 1 is 1.35 bits per heavy atom. The van der Waals surface area contributed by atoms with Crippen LogP contribution in [0.25, 0.3) is 0 Å². The molecule has 170 valence electrons. The molecule has 0 aromatic heterocycles. The number of amides is 1. The summed E-state index contributed by atoms with van der Waals surface area (Å²) in [4.78, 5) is 17.0. The summed E-state index contributed by atoms with van der Waals surface area (Å²) in [6.45, 7) is 2.05. The summed E-state index contributed by atoms with van der Waals surface area (Å²) >= 11 is 18.3. The van der Waals surface area contributed by atoms with Crippen molar-refractivity contribution in [1.82, 2.24) is 5.43 Å². The lowest BCUT2D eigenvalue weighted by molar-refractivity contribution is -0.153. The average Bonchev–Trinajstić information content (AvgIpc) is 2.63. The number of carbonyl (C=O) groups excluding carboxylic acids is 1. The van der Waals surface area contributed by atoms with Gasteiger partial charge in [-0.05, 0) is 30.2 Å². The lowest BCUT2D eigenvalue weighted by atomic mass is 10.1. The minimum absolute atomic E-state index is 0.177. The number of carbonyl (C=O) groups is 1. The predicted molar refractivity (Wildman–Crippen MR) is 118 cm³/mol. The molecule has 0 aliphatic heterocycles. The number of rotatable bonds is 8. The standard InChI is InChI=1S/C20H21Cl3F3N3O2/c1-3-17(28-31-11-12-6-14(21)9-15(22)7-12)13-4-5-16(23)18(8-13)29(2)27-19(30)10-20(24,25)26/h4-8,14H,3,9-11H2,1-2H3,(H,27,30). The Morgan fingerprint density at radius 3 is 2.68 bits per heavy atom. The molecule has 0 radical (unpaired) electrons. The van der Waals surface area contributed by atoms with Gasteiger partial charge in [-0.25, -0.2) is 0 Å². The molecule has 11 heteroatoms. The third-order valence-electron chi connectivity index (χ3n) is 4.16. The van der Waals surface area contributed by atoms with Crippen molar-refractivity contribution < 1.29 is 22.8 Å². The summed E-state index contributed by atoms with van der Waals surface area (Å²) in [5.74, 6) is -1.20. The van der Waals surface area contributed by atoms with Gasteiger partial charge in [-0.15, -0.1) is 11.6 Å². The third-order valence-corrected chi connectivity index (χ3v) is 5.03. The topological polar surface area (TPSA) is 53.9 Å². The van der Waals surface area contributed by atoms with Gasteiger partial charge in [-0.1, -0.05) is 47.4 Å². The zero-order valence-corrected chi connectivity index (χ0v) is 19.0. The summed E-state index contributed by atoms with van der Waals surface area (Å²) in [6, 6.07) is 4.87. The molecule has 1 N–H and O–H groups in total. The Hall–Kier alpha value is -1.90. The van der Waals surface area contributed by atoms with E-state index in [1.54, 1.807) is 24.3 Å². The summed E-state index contributed by atoms with van der Waals surface area (Å²) in [6.07, 6.45) is -1.50. The number of halogens is 6. The Labute approximate surface area is 193 Å². The van der Waals surface area contributed by atoms with E-state index in [0.717, 1.165) is 10.6 Å². The third kappa shape index (κ3) is 8.27. The maximum absolute atomic E-state index is 12.4. The summed E-state index contributed by atoms with van der Waals surface area (Å²) in [7, 11) is 1.40. The van der Waals surface area contributed by atoms with E-state index >= 15 is 0 Å². The molecular weight excluding hydrogens is 478 g/mol. The first-order chi connectivity index (χ1) is 14.5. The number of nitrogens with zero attached hydrogens (tertiary/aromatic N) is 2. The van der Waals surface area contributed by atoms with E-state index in [-0.39, 0.29) is 17.0 Å². The summed E-state index contributed by atoms with van der Waals surface area (Å²) < 4.78 is 37.2. The van der Waals surface area contributed by atoms with E-state index in [0.29, 0.717) is 34.8 Å². The number of hydrogen-bond donors (Lipinski definition) is 1. The average molecular weight is 499 g/mol. The Balaban J connectivity index is 2.12. The maximum Gasteiger partial charge on any atom is 0.397 e. The fourth-order valence-corrected chi connectivity index (χ4v) is 3.76. The molecule has 0 bridgehead atoms. The van der Waals surface area contributed by atoms with E-state index in [9.17, 15) is 18.0 Å². The lowest BCUT2D eigenvalue weighted by Crippen LogP contribution is -2.41. The molecule has 1 aromatic rings. The van der Waals surface area contributed by atoms with Gasteiger partial charge in [-0.2, -0.15) is 13.2 Å². The number of hydrazine groups is 1. The van der Waals surface area contributed by atoms with E-state index in [2.05, 4.69) is 10.6 Å². The van der Waals surface area contributed by atoms with Crippen molar-refractivity contribution in [3.63, 3.8) is 0 Å². The van der Waals surface area contributed by atoms with Gasteiger partial charge in [0, 0.05) is 24.1 Å². The zero-order valence-electron chi connectivity index (χ0n) is 16.8. The second-order valence-electron chi connectivity index (χ2n) is 6.77. The van der Waals surface area contributed by atoms with Crippen LogP contribution in [0.1, 0.15) is 31.7 Å². The monoisotopic (exact) mass is 497 g/mol. The molecule has 0 heterocycles. The number of alkyl halides is 4. The highest BCUT2D eigenvalue weighted by molar-refractivity contribution is 6.33. The van der Waals surface area contributed by atoms with Crippen LogP contribution in [-0.4, -0.2) is 36.8 Å². The molecule has 2 rings (SSSR count). The van der Waals surface area contributed by atoms with E-state index in [1.165, 1.54) is 7.05 Å². The van der Waals surface area contributed by atoms with Crippen LogP contribution in [-0.2, 0) is 9.63 Å². The Morgan fingerprint density at radius 2 is 2.06 bits per heavy atom. The van der Waals surface area contributed by atoms with Crippen LogP contribution in [0.15, 0.2) is 46.1 Å². The highest BCUT2D eigenvalue weighted by Gasteiger charge is 2.31. The lowest BCUT2D eigenvalue weighted by Gasteiger charge is -2.22. The van der Waals surface area contributed by atoms with Gasteiger partial charge in [0.05, 0.1) is 21.8 Å². The summed E-state index contributed by atoms with van der Waals surface area (Å²) in [5.41, 5.74) is 4.49. The Bertz CT molecular complexity index is 901. The molecular formula is C20H21Cl3F3N3O2. The first-order valence-electron chi connectivity index (χ1n) is 9.28. The predicted octanol–water partition coefficient (Wildman–Crippen LogP) is 5.95. The zero-order chi connectivity index (χ0) is 23.2. The van der Waals surface area contributed by atoms with Crippen LogP contribution in [0.3, 0.4) is 0 Å². The molecule has 1 atom stereocenters.